The number of rotatable bonds is 1. The van der Waals surface area contributed by atoms with Crippen molar-refractivity contribution in [2.45, 2.75) is 6.92 Å². The van der Waals surface area contributed by atoms with Gasteiger partial charge in [-0.3, -0.25) is 0 Å². The fourth-order valence-electron chi connectivity index (χ4n) is 0.338. The fraction of sp³-hybridized carbons (Fsp3) is 0.250. The first-order valence-corrected chi connectivity index (χ1v) is 2.01. The van der Waals surface area contributed by atoms with Gasteiger partial charge in [-0.25, -0.2) is 0 Å². The van der Waals surface area contributed by atoms with Gasteiger partial charge >= 0.3 is 51.4 Å². The van der Waals surface area contributed by atoms with E-state index in [9.17, 15) is 4.79 Å². The van der Waals surface area contributed by atoms with Gasteiger partial charge in [-0.15, -0.1) is 10.2 Å². The van der Waals surface area contributed by atoms with Crippen LogP contribution in [0.1, 0.15) is 11.8 Å². The van der Waals surface area contributed by atoms with E-state index in [2.05, 4.69) is 14.6 Å². The Balaban J connectivity index is 0. The van der Waals surface area contributed by atoms with Crippen LogP contribution in [0.3, 0.4) is 0 Å². The molecule has 0 fully saturated rings. The minimum absolute atomic E-state index is 0. The minimum Gasteiger partial charge on any atom is -0.870 e. The van der Waals surface area contributed by atoms with E-state index in [0.717, 1.165) is 0 Å². The number of hydrogen-bond donors (Lipinski definition) is 0. The Kier molecular flexibility index (Phi) is 8.00. The smallest absolute Gasteiger partial charge is 0.870 e. The van der Waals surface area contributed by atoms with Gasteiger partial charge < -0.3 is 14.7 Å². The molecule has 0 aliphatic heterocycles. The average molecular weight is 167 g/mol. The van der Waals surface area contributed by atoms with Crippen LogP contribution < -0.4 is 51.4 Å². The van der Waals surface area contributed by atoms with Crippen molar-refractivity contribution >= 4 is 6.29 Å². The third kappa shape index (κ3) is 3.54. The van der Waals surface area contributed by atoms with Gasteiger partial charge in [0.05, 0.1) is 0 Å². The molecule has 0 unspecified atom stereocenters. The van der Waals surface area contributed by atoms with Crippen LogP contribution in [0.15, 0.2) is 4.42 Å². The quantitative estimate of drug-likeness (QED) is 0.322. The Morgan fingerprint density at radius 1 is 1.50 bits per heavy atom. The molecule has 0 bridgehead atoms. The maximum atomic E-state index is 9.70. The Bertz CT molecular complexity index is 200. The molecule has 50 valence electrons. The van der Waals surface area contributed by atoms with Crippen LogP contribution in [0, 0.1) is 6.92 Å². The SMILES string of the molecule is Cc1nnc([C-]=O)o1.[K+].[OH-]. The van der Waals surface area contributed by atoms with E-state index in [1.807, 2.05) is 0 Å². The summed E-state index contributed by atoms with van der Waals surface area (Å²) in [5.41, 5.74) is 0. The summed E-state index contributed by atoms with van der Waals surface area (Å²) in [5, 5.41) is 6.70. The predicted octanol–water partition coefficient (Wildman–Crippen LogP) is -3.34. The van der Waals surface area contributed by atoms with Crippen LogP contribution in [-0.2, 0) is 4.79 Å². The van der Waals surface area contributed by atoms with E-state index in [0.29, 0.717) is 5.89 Å². The van der Waals surface area contributed by atoms with E-state index >= 15 is 0 Å². The normalized spacial score (nSPS) is 7.30. The van der Waals surface area contributed by atoms with Crippen LogP contribution in [0.5, 0.6) is 0 Å². The molecule has 0 saturated heterocycles. The second kappa shape index (κ2) is 6.14. The summed E-state index contributed by atoms with van der Waals surface area (Å²) in [6.07, 6.45) is 1.46. The summed E-state index contributed by atoms with van der Waals surface area (Å²) < 4.78 is 4.59. The Hall–Kier alpha value is 0.406. The van der Waals surface area contributed by atoms with Crippen LogP contribution >= 0.6 is 0 Å². The van der Waals surface area contributed by atoms with E-state index < -0.39 is 0 Å². The standard InChI is InChI=1S/C4H3N2O2.K.H2O/c1-3-5-6-4(2-7)8-3;;/h1H3;;1H2/q-1;+1;/p-1. The molecular weight excluding hydrogens is 163 g/mol. The van der Waals surface area contributed by atoms with Crippen molar-refractivity contribution < 1.29 is 66.1 Å². The minimum atomic E-state index is -0.0949. The molecule has 1 rings (SSSR count). The molecule has 0 aliphatic carbocycles. The number of aromatic nitrogens is 2. The summed E-state index contributed by atoms with van der Waals surface area (Å²) in [5.74, 6) is 0.283. The van der Waals surface area contributed by atoms with Crippen molar-refractivity contribution in [1.29, 1.82) is 0 Å². The summed E-state index contributed by atoms with van der Waals surface area (Å²) in [7, 11) is 0. The molecule has 5 nitrogen and oxygen atoms in total. The monoisotopic (exact) mass is 167 g/mol. The molecule has 0 aliphatic rings. The molecule has 0 amide bonds. The van der Waals surface area contributed by atoms with Gasteiger partial charge in [0.15, 0.2) is 0 Å². The molecule has 1 aromatic rings. The van der Waals surface area contributed by atoms with E-state index in [1.165, 1.54) is 6.29 Å². The van der Waals surface area contributed by atoms with Crippen molar-refractivity contribution in [3.63, 3.8) is 0 Å². The zero-order valence-electron chi connectivity index (χ0n) is 5.66. The molecular formula is C4H4KN2O3-. The van der Waals surface area contributed by atoms with E-state index in [4.69, 9.17) is 0 Å². The molecule has 0 saturated carbocycles. The summed E-state index contributed by atoms with van der Waals surface area (Å²) in [6.45, 7) is 1.60. The van der Waals surface area contributed by atoms with Crippen molar-refractivity contribution in [1.82, 2.24) is 10.2 Å². The van der Waals surface area contributed by atoms with Gasteiger partial charge in [0, 0.05) is 6.92 Å². The summed E-state index contributed by atoms with van der Waals surface area (Å²) in [4.78, 5) is 9.70. The van der Waals surface area contributed by atoms with Gasteiger partial charge in [-0.2, -0.15) is 6.29 Å². The number of aryl methyl sites for hydroxylation is 1. The number of carbonyl (C=O) groups excluding carboxylic acids is 1. The molecule has 0 radical (unpaired) electrons. The maximum Gasteiger partial charge on any atom is 1.00 e. The van der Waals surface area contributed by atoms with E-state index in [-0.39, 0.29) is 62.8 Å². The zero-order chi connectivity index (χ0) is 5.98. The fourth-order valence-corrected chi connectivity index (χ4v) is 0.338. The largest absolute Gasteiger partial charge is 1.00 e. The number of nitrogens with zero attached hydrogens (tertiary/aromatic N) is 2. The topological polar surface area (TPSA) is 86.0 Å². The first kappa shape index (κ1) is 13.0. The molecule has 0 spiro atoms. The first-order chi connectivity index (χ1) is 3.83. The number of hydrogen-bond acceptors (Lipinski definition) is 5. The molecule has 1 heterocycles. The van der Waals surface area contributed by atoms with Gasteiger partial charge in [0.25, 0.3) is 0 Å². The Labute approximate surface area is 99.9 Å². The van der Waals surface area contributed by atoms with Crippen LogP contribution in [0.4, 0.5) is 0 Å². The van der Waals surface area contributed by atoms with Crippen molar-refractivity contribution in [2.75, 3.05) is 0 Å². The van der Waals surface area contributed by atoms with Crippen molar-refractivity contribution in [3.8, 4) is 0 Å². The van der Waals surface area contributed by atoms with Gasteiger partial charge in [0.2, 0.25) is 5.89 Å². The first-order valence-electron chi connectivity index (χ1n) is 2.01. The maximum absolute atomic E-state index is 9.70. The second-order valence-electron chi connectivity index (χ2n) is 1.23. The summed E-state index contributed by atoms with van der Waals surface area (Å²) >= 11 is 0. The third-order valence-corrected chi connectivity index (χ3v) is 0.613. The molecule has 0 atom stereocenters. The van der Waals surface area contributed by atoms with Crippen LogP contribution in [0.2, 0.25) is 0 Å². The van der Waals surface area contributed by atoms with Gasteiger partial charge in [-0.05, 0) is 0 Å². The van der Waals surface area contributed by atoms with Crippen LogP contribution in [-0.4, -0.2) is 22.0 Å². The Morgan fingerprint density at radius 2 is 2.10 bits per heavy atom. The molecule has 6 heteroatoms. The van der Waals surface area contributed by atoms with Gasteiger partial charge in [-0.1, -0.05) is 0 Å². The molecule has 0 aromatic carbocycles. The molecule has 1 aromatic heterocycles. The van der Waals surface area contributed by atoms with Crippen molar-refractivity contribution in [3.05, 3.63) is 11.8 Å². The van der Waals surface area contributed by atoms with Gasteiger partial charge in [0.1, 0.15) is 5.89 Å². The second-order valence-corrected chi connectivity index (χ2v) is 1.23. The third-order valence-electron chi connectivity index (χ3n) is 0.613. The zero-order valence-corrected chi connectivity index (χ0v) is 8.78. The summed E-state index contributed by atoms with van der Waals surface area (Å²) in [6, 6.07) is 0. The van der Waals surface area contributed by atoms with Crippen LogP contribution in [0.25, 0.3) is 0 Å². The van der Waals surface area contributed by atoms with E-state index in [1.54, 1.807) is 6.92 Å². The average Bonchev–Trinajstić information content (AvgIpc) is 2.14. The molecule has 1 N–H and O–H groups in total. The predicted molar refractivity (Wildman–Crippen MR) is 25.8 cm³/mol. The molecule has 10 heavy (non-hydrogen) atoms. The van der Waals surface area contributed by atoms with Crippen molar-refractivity contribution in [2.24, 2.45) is 0 Å². The Morgan fingerprint density at radius 3 is 2.30 bits per heavy atom.